The van der Waals surface area contributed by atoms with E-state index in [9.17, 15) is 9.59 Å². The van der Waals surface area contributed by atoms with E-state index in [1.165, 1.54) is 16.0 Å². The number of nitrogens with two attached hydrogens (primary N) is 1. The second-order valence-electron chi connectivity index (χ2n) is 6.76. The van der Waals surface area contributed by atoms with Gasteiger partial charge in [0.05, 0.1) is 4.88 Å². The van der Waals surface area contributed by atoms with Gasteiger partial charge in [-0.3, -0.25) is 9.59 Å². The maximum atomic E-state index is 13.1. The fraction of sp³-hybridized carbons (Fsp3) is 0.500. The molecule has 0 bridgehead atoms. The highest BCUT2D eigenvalue weighted by molar-refractivity contribution is 7.13. The molecule has 0 aromatic carbocycles. The first-order valence-electron chi connectivity index (χ1n) is 8.65. The number of nitrogen functional groups attached to an aromatic ring is 1. The van der Waals surface area contributed by atoms with Crippen LogP contribution in [0.3, 0.4) is 0 Å². The molecule has 3 heterocycles. The predicted molar refractivity (Wildman–Crippen MR) is 101 cm³/mol. The summed E-state index contributed by atoms with van der Waals surface area (Å²) in [5, 5.41) is 6.37. The number of hydrogen-bond donors (Lipinski definition) is 1. The maximum absolute atomic E-state index is 13.1. The maximum Gasteiger partial charge on any atom is 0.290 e. The molecule has 1 aliphatic rings. The van der Waals surface area contributed by atoms with Crippen LogP contribution < -0.4 is 11.3 Å². The molecular formula is C18H24N4O2S. The molecule has 1 saturated heterocycles. The van der Waals surface area contributed by atoms with E-state index in [0.29, 0.717) is 5.69 Å². The number of piperidine rings is 1. The summed E-state index contributed by atoms with van der Waals surface area (Å²) < 4.78 is 1.24. The zero-order chi connectivity index (χ0) is 18.1. The second kappa shape index (κ2) is 7.00. The van der Waals surface area contributed by atoms with Gasteiger partial charge in [-0.15, -0.1) is 11.3 Å². The van der Waals surface area contributed by atoms with Crippen molar-refractivity contribution >= 4 is 22.9 Å². The topological polar surface area (TPSA) is 81.2 Å². The van der Waals surface area contributed by atoms with E-state index in [-0.39, 0.29) is 23.7 Å². The summed E-state index contributed by atoms with van der Waals surface area (Å²) in [7, 11) is 0. The lowest BCUT2D eigenvalue weighted by molar-refractivity contribution is -0.140. The minimum absolute atomic E-state index is 0.0722. The van der Waals surface area contributed by atoms with Gasteiger partial charge >= 0.3 is 0 Å². The summed E-state index contributed by atoms with van der Waals surface area (Å²) in [6.45, 7) is 5.85. The molecule has 0 unspecified atom stereocenters. The Morgan fingerprint density at radius 3 is 2.64 bits per heavy atom. The van der Waals surface area contributed by atoms with Gasteiger partial charge in [-0.1, -0.05) is 6.07 Å². The number of aromatic nitrogens is 2. The Balaban J connectivity index is 1.97. The average molecular weight is 360 g/mol. The van der Waals surface area contributed by atoms with Crippen LogP contribution in [0.2, 0.25) is 0 Å². The number of rotatable bonds is 3. The van der Waals surface area contributed by atoms with Crippen LogP contribution in [-0.2, 0) is 4.79 Å². The van der Waals surface area contributed by atoms with E-state index in [4.69, 9.17) is 5.73 Å². The first-order valence-corrected chi connectivity index (χ1v) is 9.53. The number of thiophene rings is 1. The van der Waals surface area contributed by atoms with E-state index in [2.05, 4.69) is 18.9 Å². The molecule has 1 aliphatic heterocycles. The monoisotopic (exact) mass is 360 g/mol. The lowest BCUT2D eigenvalue weighted by Gasteiger charge is -2.40. The Hall–Kier alpha value is -2.15. The van der Waals surface area contributed by atoms with Crippen molar-refractivity contribution in [2.24, 2.45) is 0 Å². The summed E-state index contributed by atoms with van der Waals surface area (Å²) in [4.78, 5) is 28.4. The summed E-state index contributed by atoms with van der Waals surface area (Å²) in [5.74, 6) is -0.0722. The Morgan fingerprint density at radius 2 is 2.04 bits per heavy atom. The van der Waals surface area contributed by atoms with Gasteiger partial charge < -0.3 is 10.6 Å². The van der Waals surface area contributed by atoms with E-state index >= 15 is 0 Å². The molecule has 6 nitrogen and oxygen atoms in total. The van der Waals surface area contributed by atoms with Crippen molar-refractivity contribution in [3.63, 3.8) is 0 Å². The van der Waals surface area contributed by atoms with Crippen molar-refractivity contribution in [2.45, 2.75) is 58.2 Å². The third-order valence-corrected chi connectivity index (χ3v) is 5.80. The van der Waals surface area contributed by atoms with Gasteiger partial charge in [0, 0.05) is 12.1 Å². The standard InChI is InChI=1S/C18H24N4O2S/c1-11-6-4-7-12(2)21(11)17(23)13(3)22-18(24)14(19)10-15(20-22)16-8-5-9-25-16/h5,8-13H,4,6-7,19H2,1-3H3/t11-,12+,13-/m1/s1. The number of carbonyl (C=O) groups excluding carboxylic acids is 1. The SMILES string of the molecule is C[C@@H]1CCC[C@H](C)N1C(=O)[C@@H](C)n1nc(-c2cccs2)cc(N)c1=O. The summed E-state index contributed by atoms with van der Waals surface area (Å²) in [6, 6.07) is 5.08. The van der Waals surface area contributed by atoms with E-state index in [1.54, 1.807) is 13.0 Å². The first kappa shape index (κ1) is 17.7. The van der Waals surface area contributed by atoms with Crippen LogP contribution in [0.1, 0.15) is 46.1 Å². The average Bonchev–Trinajstić information content (AvgIpc) is 3.11. The van der Waals surface area contributed by atoms with Crippen molar-refractivity contribution in [3.05, 3.63) is 33.9 Å². The summed E-state index contributed by atoms with van der Waals surface area (Å²) in [6.07, 6.45) is 3.10. The highest BCUT2D eigenvalue weighted by Crippen LogP contribution is 2.26. The largest absolute Gasteiger partial charge is 0.394 e. The van der Waals surface area contributed by atoms with Crippen molar-refractivity contribution in [2.75, 3.05) is 5.73 Å². The van der Waals surface area contributed by atoms with Gasteiger partial charge in [-0.05, 0) is 57.5 Å². The summed E-state index contributed by atoms with van der Waals surface area (Å²) >= 11 is 1.52. The van der Waals surface area contributed by atoms with Crippen LogP contribution in [0.4, 0.5) is 5.69 Å². The normalized spacial score (nSPS) is 22.0. The molecule has 1 amide bonds. The Morgan fingerprint density at radius 1 is 1.36 bits per heavy atom. The molecule has 1 fully saturated rings. The zero-order valence-electron chi connectivity index (χ0n) is 14.8. The molecule has 2 aromatic rings. The van der Waals surface area contributed by atoms with Gasteiger partial charge in [0.25, 0.3) is 5.56 Å². The molecule has 0 spiro atoms. The first-order chi connectivity index (χ1) is 11.9. The molecular weight excluding hydrogens is 336 g/mol. The number of anilines is 1. The van der Waals surface area contributed by atoms with E-state index in [1.807, 2.05) is 22.4 Å². The molecule has 0 saturated carbocycles. The number of carbonyl (C=O) groups is 1. The van der Waals surface area contributed by atoms with Crippen LogP contribution in [0.15, 0.2) is 28.4 Å². The quantitative estimate of drug-likeness (QED) is 0.912. The number of hydrogen-bond acceptors (Lipinski definition) is 5. The molecule has 134 valence electrons. The number of likely N-dealkylation sites (tertiary alicyclic amines) is 1. The molecule has 25 heavy (non-hydrogen) atoms. The highest BCUT2D eigenvalue weighted by atomic mass is 32.1. The third-order valence-electron chi connectivity index (χ3n) is 4.91. The van der Waals surface area contributed by atoms with Crippen molar-refractivity contribution in [1.82, 2.24) is 14.7 Å². The molecule has 0 aliphatic carbocycles. The van der Waals surface area contributed by atoms with Crippen LogP contribution >= 0.6 is 11.3 Å². The van der Waals surface area contributed by atoms with Crippen LogP contribution in [-0.4, -0.2) is 32.7 Å². The van der Waals surface area contributed by atoms with Crippen molar-refractivity contribution < 1.29 is 4.79 Å². The predicted octanol–water partition coefficient (Wildman–Crippen LogP) is 2.90. The lowest BCUT2D eigenvalue weighted by Crippen LogP contribution is -2.51. The molecule has 2 aromatic heterocycles. The third kappa shape index (κ3) is 3.33. The number of nitrogens with zero attached hydrogens (tertiary/aromatic N) is 3. The van der Waals surface area contributed by atoms with E-state index < -0.39 is 11.6 Å². The minimum atomic E-state index is -0.683. The number of amides is 1. The van der Waals surface area contributed by atoms with Crippen LogP contribution in [0.25, 0.3) is 10.6 Å². The second-order valence-corrected chi connectivity index (χ2v) is 7.71. The Bertz CT molecular complexity index is 805. The molecule has 3 rings (SSSR count). The fourth-order valence-electron chi connectivity index (χ4n) is 3.51. The zero-order valence-corrected chi connectivity index (χ0v) is 15.6. The molecule has 7 heteroatoms. The van der Waals surface area contributed by atoms with E-state index in [0.717, 1.165) is 24.1 Å². The van der Waals surface area contributed by atoms with Crippen molar-refractivity contribution in [1.29, 1.82) is 0 Å². The van der Waals surface area contributed by atoms with Crippen molar-refractivity contribution in [3.8, 4) is 10.6 Å². The minimum Gasteiger partial charge on any atom is -0.394 e. The summed E-state index contributed by atoms with van der Waals surface area (Å²) in [5.41, 5.74) is 6.21. The molecule has 2 N–H and O–H groups in total. The molecule has 0 radical (unpaired) electrons. The lowest BCUT2D eigenvalue weighted by atomic mass is 9.96. The molecule has 3 atom stereocenters. The van der Waals surface area contributed by atoms with Gasteiger partial charge in [-0.2, -0.15) is 5.10 Å². The van der Waals surface area contributed by atoms with Crippen LogP contribution in [0, 0.1) is 0 Å². The van der Waals surface area contributed by atoms with Crippen LogP contribution in [0.5, 0.6) is 0 Å². The smallest absolute Gasteiger partial charge is 0.290 e. The van der Waals surface area contributed by atoms with Gasteiger partial charge in [0.15, 0.2) is 0 Å². The Labute approximate surface area is 151 Å². The van der Waals surface area contributed by atoms with Gasteiger partial charge in [0.1, 0.15) is 17.4 Å². The Kier molecular flexibility index (Phi) is 4.94. The van der Waals surface area contributed by atoms with Gasteiger partial charge in [0.2, 0.25) is 5.91 Å². The van der Waals surface area contributed by atoms with Gasteiger partial charge in [-0.25, -0.2) is 4.68 Å². The highest BCUT2D eigenvalue weighted by Gasteiger charge is 2.33. The fourth-order valence-corrected chi connectivity index (χ4v) is 4.20.